The molecule has 3 rings (SSSR count). The van der Waals surface area contributed by atoms with Gasteiger partial charge in [-0.3, -0.25) is 0 Å². The Hall–Kier alpha value is -0.280. The summed E-state index contributed by atoms with van der Waals surface area (Å²) in [6.45, 7) is 4.39. The van der Waals surface area contributed by atoms with Gasteiger partial charge in [0.25, 0.3) is 0 Å². The van der Waals surface area contributed by atoms with Gasteiger partial charge >= 0.3 is 0 Å². The molecule has 3 aliphatic carbocycles. The lowest BCUT2D eigenvalue weighted by atomic mass is 9.62. The number of halogens is 4. The molecule has 0 aromatic rings. The Bertz CT molecular complexity index is 489. The van der Waals surface area contributed by atoms with E-state index in [2.05, 4.69) is 13.8 Å². The van der Waals surface area contributed by atoms with E-state index in [1.54, 1.807) is 0 Å². The molecule has 3 fully saturated rings. The summed E-state index contributed by atoms with van der Waals surface area (Å²) >= 11 is 0. The van der Waals surface area contributed by atoms with Crippen molar-refractivity contribution in [3.63, 3.8) is 0 Å². The van der Waals surface area contributed by atoms with Gasteiger partial charge in [0.2, 0.25) is 0 Å². The maximum Gasteiger partial charge on any atom is 0.135 e. The Balaban J connectivity index is 1.50. The van der Waals surface area contributed by atoms with Crippen LogP contribution in [0.5, 0.6) is 0 Å². The lowest BCUT2D eigenvalue weighted by Crippen LogP contribution is -2.49. The standard InChI is InChI=1S/C26H44F4/c1-3-4-5-6-7-8-19-13-14-21(25(29)23(19)27)22-16-15-20(24(28)26(22)30)18-11-9-17(2)10-12-18/h17-26H,3-16H2,1-2H3. The first-order valence-corrected chi connectivity index (χ1v) is 13.0. The third-order valence-corrected chi connectivity index (χ3v) is 8.88. The van der Waals surface area contributed by atoms with Gasteiger partial charge < -0.3 is 0 Å². The van der Waals surface area contributed by atoms with Crippen molar-refractivity contribution in [3.05, 3.63) is 0 Å². The molecule has 0 nitrogen and oxygen atoms in total. The lowest BCUT2D eigenvalue weighted by Gasteiger charge is -2.46. The van der Waals surface area contributed by atoms with Crippen molar-refractivity contribution in [1.29, 1.82) is 0 Å². The topological polar surface area (TPSA) is 0 Å². The monoisotopic (exact) mass is 432 g/mol. The maximum absolute atomic E-state index is 15.2. The van der Waals surface area contributed by atoms with Crippen LogP contribution in [0.2, 0.25) is 0 Å². The van der Waals surface area contributed by atoms with E-state index < -0.39 is 36.5 Å². The molecule has 0 N–H and O–H groups in total. The summed E-state index contributed by atoms with van der Waals surface area (Å²) in [7, 11) is 0. The molecule has 4 heteroatoms. The summed E-state index contributed by atoms with van der Waals surface area (Å²) in [6, 6.07) is 0. The van der Waals surface area contributed by atoms with Gasteiger partial charge in [-0.15, -0.1) is 0 Å². The lowest BCUT2D eigenvalue weighted by molar-refractivity contribution is -0.0734. The first-order valence-electron chi connectivity index (χ1n) is 13.0. The van der Waals surface area contributed by atoms with Crippen molar-refractivity contribution < 1.29 is 17.6 Å². The number of rotatable bonds is 8. The third-order valence-electron chi connectivity index (χ3n) is 8.88. The molecular formula is C26H44F4. The van der Waals surface area contributed by atoms with Gasteiger partial charge in [0.1, 0.15) is 24.7 Å². The van der Waals surface area contributed by atoms with E-state index >= 15 is 13.2 Å². The first kappa shape index (κ1) is 24.4. The highest BCUT2D eigenvalue weighted by Gasteiger charge is 2.51. The van der Waals surface area contributed by atoms with E-state index in [0.29, 0.717) is 31.6 Å². The fraction of sp³-hybridized carbons (Fsp3) is 1.00. The van der Waals surface area contributed by atoms with E-state index in [1.807, 2.05) is 0 Å². The van der Waals surface area contributed by atoms with Gasteiger partial charge in [0.15, 0.2) is 0 Å². The zero-order chi connectivity index (χ0) is 21.7. The summed E-state index contributed by atoms with van der Waals surface area (Å²) in [5.41, 5.74) is 0. The Labute approximate surface area is 182 Å². The normalized spacial score (nSPS) is 45.4. The van der Waals surface area contributed by atoms with Crippen molar-refractivity contribution in [1.82, 2.24) is 0 Å². The summed E-state index contributed by atoms with van der Waals surface area (Å²) in [4.78, 5) is 0. The molecule has 0 radical (unpaired) electrons. The summed E-state index contributed by atoms with van der Waals surface area (Å²) < 4.78 is 60.2. The third kappa shape index (κ3) is 5.74. The van der Waals surface area contributed by atoms with Crippen molar-refractivity contribution >= 4 is 0 Å². The van der Waals surface area contributed by atoms with Gasteiger partial charge in [-0.2, -0.15) is 0 Å². The van der Waals surface area contributed by atoms with Gasteiger partial charge in [-0.25, -0.2) is 17.6 Å². The van der Waals surface area contributed by atoms with Crippen LogP contribution in [-0.4, -0.2) is 24.7 Å². The van der Waals surface area contributed by atoms with Crippen LogP contribution in [0.25, 0.3) is 0 Å². The molecule has 0 aliphatic heterocycles. The van der Waals surface area contributed by atoms with Crippen molar-refractivity contribution in [2.75, 3.05) is 0 Å². The molecule has 3 saturated carbocycles. The second-order valence-electron chi connectivity index (χ2n) is 10.9. The van der Waals surface area contributed by atoms with Gasteiger partial charge in [0.05, 0.1) is 0 Å². The Morgan fingerprint density at radius 2 is 1.10 bits per heavy atom. The molecule has 0 amide bonds. The van der Waals surface area contributed by atoms with Gasteiger partial charge in [0, 0.05) is 0 Å². The molecule has 30 heavy (non-hydrogen) atoms. The maximum atomic E-state index is 15.2. The predicted octanol–water partition coefficient (Wildman–Crippen LogP) is 8.58. The largest absolute Gasteiger partial charge is 0.244 e. The molecule has 8 atom stereocenters. The Morgan fingerprint density at radius 3 is 1.77 bits per heavy atom. The van der Waals surface area contributed by atoms with E-state index in [0.717, 1.165) is 51.4 Å². The highest BCUT2D eigenvalue weighted by molar-refractivity contribution is 4.99. The number of unbranched alkanes of at least 4 members (excludes halogenated alkanes) is 4. The second-order valence-corrected chi connectivity index (χ2v) is 10.9. The van der Waals surface area contributed by atoms with Crippen LogP contribution < -0.4 is 0 Å². The number of alkyl halides is 4. The van der Waals surface area contributed by atoms with E-state index in [1.165, 1.54) is 12.8 Å². The minimum atomic E-state index is -1.62. The zero-order valence-corrected chi connectivity index (χ0v) is 19.2. The summed E-state index contributed by atoms with van der Waals surface area (Å²) in [6.07, 6.45) is 6.56. The van der Waals surface area contributed by atoms with Crippen LogP contribution in [0.15, 0.2) is 0 Å². The average molecular weight is 433 g/mol. The number of hydrogen-bond donors (Lipinski definition) is 0. The fourth-order valence-electron chi connectivity index (χ4n) is 6.82. The fourth-order valence-corrected chi connectivity index (χ4v) is 6.82. The Kier molecular flexibility index (Phi) is 9.38. The summed E-state index contributed by atoms with van der Waals surface area (Å²) in [5.74, 6) is -0.782. The Morgan fingerprint density at radius 1 is 0.567 bits per heavy atom. The van der Waals surface area contributed by atoms with Gasteiger partial charge in [-0.05, 0) is 80.5 Å². The van der Waals surface area contributed by atoms with Crippen molar-refractivity contribution in [2.24, 2.45) is 35.5 Å². The molecule has 0 spiro atoms. The highest BCUT2D eigenvalue weighted by Crippen LogP contribution is 2.49. The number of hydrogen-bond acceptors (Lipinski definition) is 0. The first-order chi connectivity index (χ1) is 14.4. The zero-order valence-electron chi connectivity index (χ0n) is 19.2. The van der Waals surface area contributed by atoms with Crippen LogP contribution >= 0.6 is 0 Å². The van der Waals surface area contributed by atoms with Crippen LogP contribution in [0.1, 0.15) is 104 Å². The molecule has 8 unspecified atom stereocenters. The van der Waals surface area contributed by atoms with Crippen LogP contribution in [0.4, 0.5) is 17.6 Å². The highest BCUT2D eigenvalue weighted by atomic mass is 19.2. The molecule has 0 bridgehead atoms. The average Bonchev–Trinajstić information content (AvgIpc) is 2.74. The SMILES string of the molecule is CCCCCCCC1CCC(C2CCC(C3CCC(C)CC3)C(F)C2F)C(F)C1F. The molecule has 0 heterocycles. The second kappa shape index (κ2) is 11.5. The molecule has 0 aromatic heterocycles. The van der Waals surface area contributed by atoms with E-state index in [4.69, 9.17) is 0 Å². The van der Waals surface area contributed by atoms with Gasteiger partial charge in [-0.1, -0.05) is 58.8 Å². The minimum absolute atomic E-state index is 0.220. The van der Waals surface area contributed by atoms with Crippen LogP contribution in [0, 0.1) is 35.5 Å². The smallest absolute Gasteiger partial charge is 0.135 e. The quantitative estimate of drug-likeness (QED) is 0.266. The molecule has 3 aliphatic rings. The van der Waals surface area contributed by atoms with E-state index in [-0.39, 0.29) is 17.8 Å². The van der Waals surface area contributed by atoms with Crippen LogP contribution in [0.3, 0.4) is 0 Å². The van der Waals surface area contributed by atoms with Crippen LogP contribution in [-0.2, 0) is 0 Å². The van der Waals surface area contributed by atoms with E-state index in [9.17, 15) is 4.39 Å². The van der Waals surface area contributed by atoms with Crippen molar-refractivity contribution in [2.45, 2.75) is 128 Å². The minimum Gasteiger partial charge on any atom is -0.244 e. The van der Waals surface area contributed by atoms with Crippen molar-refractivity contribution in [3.8, 4) is 0 Å². The molecule has 0 saturated heterocycles. The predicted molar refractivity (Wildman–Crippen MR) is 117 cm³/mol. The molecule has 0 aromatic carbocycles. The summed E-state index contributed by atoms with van der Waals surface area (Å²) in [5, 5.41) is 0. The molecular weight excluding hydrogens is 388 g/mol. The molecule has 176 valence electrons.